The molecule has 1 amide bonds. The van der Waals surface area contributed by atoms with E-state index in [-0.39, 0.29) is 5.91 Å². The van der Waals surface area contributed by atoms with Crippen LogP contribution >= 0.6 is 11.3 Å². The molecule has 1 aromatic heterocycles. The standard InChI is InChI=1S/C22H29N5O3S/c28-20(23-22-25-24-21(31-22)17-4-2-1-3-5-17)14-27-10-8-26(9-11-27)13-16-6-7-18-19(12-16)30-15-29-18/h6-7,12,17H,1-5,8-11,13-15H2,(H,23,25,28). The highest BCUT2D eigenvalue weighted by Gasteiger charge is 2.22. The zero-order valence-corrected chi connectivity index (χ0v) is 18.5. The molecule has 2 aromatic rings. The molecule has 8 nitrogen and oxygen atoms in total. The molecule has 1 aromatic carbocycles. The topological polar surface area (TPSA) is 79.8 Å². The lowest BCUT2D eigenvalue weighted by Gasteiger charge is -2.34. The van der Waals surface area contributed by atoms with Crippen molar-refractivity contribution in [3.05, 3.63) is 28.8 Å². The fourth-order valence-corrected chi connectivity index (χ4v) is 5.49. The monoisotopic (exact) mass is 443 g/mol. The van der Waals surface area contributed by atoms with Gasteiger partial charge in [-0.25, -0.2) is 0 Å². The number of fused-ring (bicyclic) bond motifs is 1. The highest BCUT2D eigenvalue weighted by atomic mass is 32.1. The van der Waals surface area contributed by atoms with Gasteiger partial charge in [-0.05, 0) is 30.5 Å². The summed E-state index contributed by atoms with van der Waals surface area (Å²) in [6, 6.07) is 6.13. The maximum Gasteiger partial charge on any atom is 0.240 e. The number of nitrogens with zero attached hydrogens (tertiary/aromatic N) is 4. The minimum atomic E-state index is -0.00411. The molecular formula is C22H29N5O3S. The molecule has 0 spiro atoms. The number of carbonyl (C=O) groups is 1. The van der Waals surface area contributed by atoms with E-state index in [1.165, 1.54) is 49.0 Å². The number of aromatic nitrogens is 2. The highest BCUT2D eigenvalue weighted by molar-refractivity contribution is 7.15. The van der Waals surface area contributed by atoms with Crippen LogP contribution in [0.15, 0.2) is 18.2 Å². The van der Waals surface area contributed by atoms with Gasteiger partial charge in [-0.15, -0.1) is 10.2 Å². The minimum absolute atomic E-state index is 0.00411. The zero-order valence-electron chi connectivity index (χ0n) is 17.7. The first kappa shape index (κ1) is 20.7. The fraction of sp³-hybridized carbons (Fsp3) is 0.591. The summed E-state index contributed by atoms with van der Waals surface area (Å²) in [5.74, 6) is 2.17. The van der Waals surface area contributed by atoms with Crippen LogP contribution in [-0.4, -0.2) is 65.4 Å². The zero-order chi connectivity index (χ0) is 21.0. The summed E-state index contributed by atoms with van der Waals surface area (Å²) in [5, 5.41) is 13.2. The van der Waals surface area contributed by atoms with Crippen LogP contribution in [0.2, 0.25) is 0 Å². The minimum Gasteiger partial charge on any atom is -0.454 e. The maximum absolute atomic E-state index is 12.5. The lowest BCUT2D eigenvalue weighted by Crippen LogP contribution is -2.48. The van der Waals surface area contributed by atoms with E-state index in [0.29, 0.717) is 24.4 Å². The number of ether oxygens (including phenoxy) is 2. The van der Waals surface area contributed by atoms with Crippen LogP contribution in [0.1, 0.15) is 48.6 Å². The first-order valence-electron chi connectivity index (χ1n) is 11.2. The Labute approximate surface area is 186 Å². The van der Waals surface area contributed by atoms with Gasteiger partial charge < -0.3 is 9.47 Å². The van der Waals surface area contributed by atoms with E-state index >= 15 is 0 Å². The number of benzene rings is 1. The summed E-state index contributed by atoms with van der Waals surface area (Å²) in [5.41, 5.74) is 1.22. The Morgan fingerprint density at radius 1 is 1.03 bits per heavy atom. The lowest BCUT2D eigenvalue weighted by atomic mass is 9.90. The molecule has 0 atom stereocenters. The summed E-state index contributed by atoms with van der Waals surface area (Å²) < 4.78 is 10.9. The van der Waals surface area contributed by atoms with E-state index in [9.17, 15) is 4.79 Å². The molecule has 0 bridgehead atoms. The van der Waals surface area contributed by atoms with Crippen molar-refractivity contribution in [3.8, 4) is 11.5 Å². The van der Waals surface area contributed by atoms with Crippen molar-refractivity contribution in [1.82, 2.24) is 20.0 Å². The quantitative estimate of drug-likeness (QED) is 0.735. The van der Waals surface area contributed by atoms with E-state index in [1.807, 2.05) is 6.07 Å². The molecule has 1 N–H and O–H groups in total. The number of nitrogens with one attached hydrogen (secondary N) is 1. The molecule has 3 heterocycles. The van der Waals surface area contributed by atoms with E-state index in [0.717, 1.165) is 49.2 Å². The van der Waals surface area contributed by atoms with Crippen LogP contribution in [0.5, 0.6) is 11.5 Å². The lowest BCUT2D eigenvalue weighted by molar-refractivity contribution is -0.117. The molecule has 1 saturated heterocycles. The first-order valence-corrected chi connectivity index (χ1v) is 12.0. The van der Waals surface area contributed by atoms with Crippen LogP contribution in [0.25, 0.3) is 0 Å². The molecule has 31 heavy (non-hydrogen) atoms. The summed E-state index contributed by atoms with van der Waals surface area (Å²) in [7, 11) is 0. The van der Waals surface area contributed by atoms with Crippen molar-refractivity contribution in [2.45, 2.75) is 44.6 Å². The maximum atomic E-state index is 12.5. The Bertz CT molecular complexity index is 906. The predicted octanol–water partition coefficient (Wildman–Crippen LogP) is 3.07. The number of anilines is 1. The largest absolute Gasteiger partial charge is 0.454 e. The molecule has 166 valence electrons. The average Bonchev–Trinajstić information content (AvgIpc) is 3.45. The van der Waals surface area contributed by atoms with Crippen molar-refractivity contribution in [3.63, 3.8) is 0 Å². The summed E-state index contributed by atoms with van der Waals surface area (Å²) in [6.45, 7) is 5.21. The molecular weight excluding hydrogens is 414 g/mol. The van der Waals surface area contributed by atoms with Crippen molar-refractivity contribution in [1.29, 1.82) is 0 Å². The van der Waals surface area contributed by atoms with E-state index in [1.54, 1.807) is 0 Å². The number of hydrogen-bond donors (Lipinski definition) is 1. The van der Waals surface area contributed by atoms with Crippen LogP contribution in [-0.2, 0) is 11.3 Å². The Balaban J connectivity index is 1.06. The Hall–Kier alpha value is -2.23. The molecule has 1 saturated carbocycles. The normalized spacial score (nSPS) is 20.1. The van der Waals surface area contributed by atoms with Gasteiger partial charge in [0.2, 0.25) is 17.8 Å². The van der Waals surface area contributed by atoms with Crippen molar-refractivity contribution in [2.75, 3.05) is 44.8 Å². The molecule has 2 fully saturated rings. The number of carbonyl (C=O) groups excluding carboxylic acids is 1. The van der Waals surface area contributed by atoms with Gasteiger partial charge in [0.15, 0.2) is 11.5 Å². The summed E-state index contributed by atoms with van der Waals surface area (Å²) in [4.78, 5) is 17.1. The second-order valence-corrected chi connectivity index (χ2v) is 9.58. The third-order valence-corrected chi connectivity index (χ3v) is 7.32. The van der Waals surface area contributed by atoms with Gasteiger partial charge in [0.05, 0.1) is 6.54 Å². The third kappa shape index (κ3) is 5.16. The van der Waals surface area contributed by atoms with Gasteiger partial charge in [-0.3, -0.25) is 19.9 Å². The molecule has 1 aliphatic carbocycles. The van der Waals surface area contributed by atoms with Gasteiger partial charge in [0, 0.05) is 38.6 Å². The predicted molar refractivity (Wildman–Crippen MR) is 119 cm³/mol. The van der Waals surface area contributed by atoms with Crippen molar-refractivity contribution >= 4 is 22.4 Å². The van der Waals surface area contributed by atoms with E-state index in [4.69, 9.17) is 9.47 Å². The Kier molecular flexibility index (Phi) is 6.33. The molecule has 3 aliphatic rings. The average molecular weight is 444 g/mol. The van der Waals surface area contributed by atoms with Crippen LogP contribution in [0.3, 0.4) is 0 Å². The summed E-state index contributed by atoms with van der Waals surface area (Å²) in [6.07, 6.45) is 6.25. The first-order chi connectivity index (χ1) is 15.2. The van der Waals surface area contributed by atoms with Crippen LogP contribution < -0.4 is 14.8 Å². The highest BCUT2D eigenvalue weighted by Crippen LogP contribution is 2.35. The van der Waals surface area contributed by atoms with Gasteiger partial charge in [0.25, 0.3) is 0 Å². The third-order valence-electron chi connectivity index (χ3n) is 6.32. The van der Waals surface area contributed by atoms with Crippen LogP contribution in [0.4, 0.5) is 5.13 Å². The van der Waals surface area contributed by atoms with E-state index < -0.39 is 0 Å². The molecule has 5 rings (SSSR count). The SMILES string of the molecule is O=C(CN1CCN(Cc2ccc3c(c2)OCO3)CC1)Nc1nnc(C2CCCCC2)s1. The smallest absolute Gasteiger partial charge is 0.240 e. The fourth-order valence-electron chi connectivity index (χ4n) is 4.56. The van der Waals surface area contributed by atoms with Crippen molar-refractivity contribution in [2.24, 2.45) is 0 Å². The Morgan fingerprint density at radius 3 is 2.65 bits per heavy atom. The molecule has 0 radical (unpaired) electrons. The number of amides is 1. The van der Waals surface area contributed by atoms with Gasteiger partial charge in [-0.1, -0.05) is 36.7 Å². The number of rotatable bonds is 6. The van der Waals surface area contributed by atoms with Gasteiger partial charge >= 0.3 is 0 Å². The molecule has 0 unspecified atom stereocenters. The van der Waals surface area contributed by atoms with Crippen molar-refractivity contribution < 1.29 is 14.3 Å². The second-order valence-electron chi connectivity index (χ2n) is 8.57. The van der Waals surface area contributed by atoms with Gasteiger partial charge in [-0.2, -0.15) is 0 Å². The summed E-state index contributed by atoms with van der Waals surface area (Å²) >= 11 is 1.54. The van der Waals surface area contributed by atoms with Crippen LogP contribution in [0, 0.1) is 0 Å². The Morgan fingerprint density at radius 2 is 1.81 bits per heavy atom. The number of hydrogen-bond acceptors (Lipinski definition) is 8. The molecule has 9 heteroatoms. The second kappa shape index (κ2) is 9.50. The van der Waals surface area contributed by atoms with E-state index in [2.05, 4.69) is 37.4 Å². The van der Waals surface area contributed by atoms with Gasteiger partial charge in [0.1, 0.15) is 5.01 Å². The number of piperazine rings is 1. The molecule has 2 aliphatic heterocycles.